The summed E-state index contributed by atoms with van der Waals surface area (Å²) in [6.45, 7) is 3.53. The van der Waals surface area contributed by atoms with Crippen LogP contribution in [0.4, 0.5) is 27.6 Å². The van der Waals surface area contributed by atoms with Gasteiger partial charge >= 0.3 is 6.18 Å². The molecule has 0 spiro atoms. The Morgan fingerprint density at radius 2 is 1.96 bits per heavy atom. The lowest BCUT2D eigenvalue weighted by Crippen LogP contribution is -2.33. The van der Waals surface area contributed by atoms with Gasteiger partial charge in [-0.2, -0.15) is 13.2 Å². The fraction of sp³-hybridized carbons (Fsp3) is 0.294. The molecule has 1 unspecified atom stereocenters. The molecule has 4 aromatic rings. The summed E-state index contributed by atoms with van der Waals surface area (Å²) in [7, 11) is 0. The fourth-order valence-electron chi connectivity index (χ4n) is 6.27. The number of rotatable bonds is 7. The SMILES string of the molecule is CC1CN=c2c(ccc3[nH]c(C(=O)c4cc(F)c(NC(=O)/C=C/CN[C@H]5CCOC5)c(F)c4)nc23)=C2C=C(C(F)(F)F)Cn3ccc1c32. The van der Waals surface area contributed by atoms with Crippen LogP contribution in [0.15, 0.2) is 65.3 Å². The lowest BCUT2D eigenvalue weighted by molar-refractivity contribution is -0.112. The van der Waals surface area contributed by atoms with E-state index in [4.69, 9.17) is 9.73 Å². The molecule has 0 radical (unpaired) electrons. The zero-order valence-corrected chi connectivity index (χ0v) is 25.5. The molecule has 14 heteroatoms. The number of anilines is 1. The number of nitrogens with one attached hydrogen (secondary N) is 3. The number of ketones is 1. The van der Waals surface area contributed by atoms with Crippen LogP contribution >= 0.6 is 0 Å². The number of fused-ring (bicyclic) bond motifs is 3. The quantitative estimate of drug-likeness (QED) is 0.156. The third-order valence-corrected chi connectivity index (χ3v) is 8.74. The second-order valence-electron chi connectivity index (χ2n) is 12.0. The van der Waals surface area contributed by atoms with Crippen molar-refractivity contribution in [1.82, 2.24) is 19.9 Å². The molecule has 0 aliphatic carbocycles. The maximum atomic E-state index is 15.0. The Morgan fingerprint density at radius 3 is 2.69 bits per heavy atom. The lowest BCUT2D eigenvalue weighted by Gasteiger charge is -2.24. The van der Waals surface area contributed by atoms with E-state index in [9.17, 15) is 22.8 Å². The van der Waals surface area contributed by atoms with E-state index in [0.717, 1.165) is 36.3 Å². The summed E-state index contributed by atoms with van der Waals surface area (Å²) in [5, 5.41) is 6.06. The number of imidazole rings is 1. The van der Waals surface area contributed by atoms with Gasteiger partial charge in [-0.05, 0) is 48.4 Å². The molecule has 1 amide bonds. The number of nitrogens with zero attached hydrogens (tertiary/aromatic N) is 3. The van der Waals surface area contributed by atoms with Gasteiger partial charge in [0.15, 0.2) is 5.82 Å². The molecule has 5 heterocycles. The Kier molecular flexibility index (Phi) is 8.08. The summed E-state index contributed by atoms with van der Waals surface area (Å²) in [5.74, 6) is -4.28. The molecule has 9 nitrogen and oxygen atoms in total. The average molecular weight is 665 g/mol. The van der Waals surface area contributed by atoms with Crippen LogP contribution in [0.3, 0.4) is 0 Å². The van der Waals surface area contributed by atoms with Gasteiger partial charge in [-0.3, -0.25) is 14.6 Å². The molecule has 2 atom stereocenters. The Labute approximate surface area is 269 Å². The first kappa shape index (κ1) is 31.6. The van der Waals surface area contributed by atoms with E-state index in [2.05, 4.69) is 20.6 Å². The van der Waals surface area contributed by atoms with Crippen LogP contribution in [0, 0.1) is 11.6 Å². The molecule has 3 aliphatic rings. The van der Waals surface area contributed by atoms with Gasteiger partial charge in [-0.15, -0.1) is 0 Å². The number of aromatic nitrogens is 3. The van der Waals surface area contributed by atoms with E-state index >= 15 is 8.78 Å². The number of allylic oxidation sites excluding steroid dienone is 2. The van der Waals surface area contributed by atoms with E-state index in [1.165, 1.54) is 6.08 Å². The molecule has 2 aromatic heterocycles. The normalized spacial score (nSPS) is 19.0. The van der Waals surface area contributed by atoms with E-state index in [1.807, 2.05) is 13.0 Å². The molecule has 3 N–H and O–H groups in total. The molecular formula is C34H29F5N6O3. The number of hydrogen-bond donors (Lipinski definition) is 3. The predicted octanol–water partition coefficient (Wildman–Crippen LogP) is 4.18. The first-order chi connectivity index (χ1) is 23.0. The number of carbonyl (C=O) groups is 2. The summed E-state index contributed by atoms with van der Waals surface area (Å²) in [5.41, 5.74) is 0.699. The number of amides is 1. The Balaban J connectivity index is 1.20. The number of carbonyl (C=O) groups excluding carboxylic acids is 2. The van der Waals surface area contributed by atoms with Crippen LogP contribution in [-0.2, 0) is 16.1 Å². The van der Waals surface area contributed by atoms with Crippen molar-refractivity contribution in [2.75, 3.05) is 31.6 Å². The lowest BCUT2D eigenvalue weighted by atomic mass is 9.92. The van der Waals surface area contributed by atoms with Crippen LogP contribution in [0.25, 0.3) is 16.6 Å². The minimum absolute atomic E-state index is 0.121. The minimum Gasteiger partial charge on any atom is -0.380 e. The van der Waals surface area contributed by atoms with Crippen LogP contribution in [0.1, 0.15) is 46.7 Å². The monoisotopic (exact) mass is 664 g/mol. The van der Waals surface area contributed by atoms with Gasteiger partial charge in [-0.25, -0.2) is 13.8 Å². The van der Waals surface area contributed by atoms with Crippen molar-refractivity contribution in [3.8, 4) is 0 Å². The number of halogens is 5. The number of H-pyrrole nitrogens is 1. The van der Waals surface area contributed by atoms with Crippen molar-refractivity contribution in [3.63, 3.8) is 0 Å². The Bertz CT molecular complexity index is 2130. The van der Waals surface area contributed by atoms with Crippen molar-refractivity contribution in [3.05, 3.63) is 105 Å². The summed E-state index contributed by atoms with van der Waals surface area (Å²) in [6, 6.07) is 6.80. The molecule has 7 rings (SSSR count). The van der Waals surface area contributed by atoms with Gasteiger partial charge in [0.1, 0.15) is 22.8 Å². The fourth-order valence-corrected chi connectivity index (χ4v) is 6.27. The van der Waals surface area contributed by atoms with Gasteiger partial charge in [0.2, 0.25) is 11.7 Å². The molecular weight excluding hydrogens is 635 g/mol. The molecule has 48 heavy (non-hydrogen) atoms. The summed E-state index contributed by atoms with van der Waals surface area (Å²) in [6.07, 6.45) is 1.76. The maximum Gasteiger partial charge on any atom is 0.414 e. The van der Waals surface area contributed by atoms with E-state index in [1.54, 1.807) is 22.9 Å². The number of hydrogen-bond acceptors (Lipinski definition) is 6. The van der Waals surface area contributed by atoms with Crippen molar-refractivity contribution in [2.24, 2.45) is 4.99 Å². The van der Waals surface area contributed by atoms with Crippen LogP contribution < -0.4 is 21.2 Å². The zero-order chi connectivity index (χ0) is 33.7. The van der Waals surface area contributed by atoms with E-state index < -0.39 is 40.8 Å². The van der Waals surface area contributed by atoms with Gasteiger partial charge in [0.25, 0.3) is 0 Å². The Morgan fingerprint density at radius 1 is 1.17 bits per heavy atom. The number of aromatic amines is 1. The summed E-state index contributed by atoms with van der Waals surface area (Å²) >= 11 is 0. The van der Waals surface area contributed by atoms with Crippen molar-refractivity contribution >= 4 is 34.0 Å². The molecule has 0 bridgehead atoms. The predicted molar refractivity (Wildman–Crippen MR) is 166 cm³/mol. The van der Waals surface area contributed by atoms with Gasteiger partial charge in [0, 0.05) is 60.3 Å². The summed E-state index contributed by atoms with van der Waals surface area (Å²) in [4.78, 5) is 37.7. The van der Waals surface area contributed by atoms with Crippen molar-refractivity contribution in [2.45, 2.75) is 38.0 Å². The molecule has 1 saturated heterocycles. The maximum absolute atomic E-state index is 15.0. The average Bonchev–Trinajstić information content (AvgIpc) is 3.81. The largest absolute Gasteiger partial charge is 0.414 e. The van der Waals surface area contributed by atoms with Gasteiger partial charge in [-0.1, -0.05) is 13.0 Å². The molecule has 2 aromatic carbocycles. The van der Waals surface area contributed by atoms with Crippen molar-refractivity contribution in [1.29, 1.82) is 0 Å². The number of alkyl halides is 3. The summed E-state index contributed by atoms with van der Waals surface area (Å²) < 4.78 is 78.6. The number of benzene rings is 2. The molecule has 248 valence electrons. The highest BCUT2D eigenvalue weighted by molar-refractivity contribution is 6.08. The first-order valence-corrected chi connectivity index (χ1v) is 15.3. The highest BCUT2D eigenvalue weighted by atomic mass is 19.4. The van der Waals surface area contributed by atoms with Gasteiger partial charge in [0.05, 0.1) is 35.3 Å². The molecule has 3 aliphatic heterocycles. The zero-order valence-electron chi connectivity index (χ0n) is 25.5. The van der Waals surface area contributed by atoms with E-state index in [0.29, 0.717) is 53.7 Å². The highest BCUT2D eigenvalue weighted by Gasteiger charge is 2.37. The second-order valence-corrected chi connectivity index (χ2v) is 12.0. The molecule has 0 saturated carbocycles. The second kappa shape index (κ2) is 12.3. The van der Waals surface area contributed by atoms with Crippen molar-refractivity contribution < 1.29 is 36.3 Å². The first-order valence-electron chi connectivity index (χ1n) is 15.3. The molecule has 1 fully saturated rings. The standard InChI is InChI=1S/C34H29F5N6O3/c1-17-14-41-28-22(23-13-19(34(37,38)39)15-45-9-6-21(17)31(23)45)4-5-26-30(28)44-33(42-26)32(47)18-11-24(35)29(25(36)12-18)43-27(46)3-2-8-40-20-7-10-48-16-20/h2-6,9,11-13,17,20,40H,7-8,10,14-16H2,1H3,(H,42,44)(H,43,46)/b3-2+,23-22?,41-28?/t17?,20-/m0/s1. The smallest absolute Gasteiger partial charge is 0.380 e. The van der Waals surface area contributed by atoms with Gasteiger partial charge < -0.3 is 24.9 Å². The highest BCUT2D eigenvalue weighted by Crippen LogP contribution is 2.37. The Hall–Kier alpha value is -4.95. The van der Waals surface area contributed by atoms with Crippen LogP contribution in [0.5, 0.6) is 0 Å². The van der Waals surface area contributed by atoms with Crippen LogP contribution in [0.2, 0.25) is 0 Å². The number of ether oxygens (including phenoxy) is 1. The minimum atomic E-state index is -4.54. The van der Waals surface area contributed by atoms with Crippen LogP contribution in [-0.4, -0.2) is 64.7 Å². The topological polar surface area (TPSA) is 113 Å². The third kappa shape index (κ3) is 5.85. The third-order valence-electron chi connectivity index (χ3n) is 8.74. The van der Waals surface area contributed by atoms with E-state index in [-0.39, 0.29) is 35.4 Å².